The molecule has 4 rings (SSSR count). The van der Waals surface area contributed by atoms with E-state index in [2.05, 4.69) is 26.2 Å². The fraction of sp³-hybridized carbons (Fsp3) is 0.0556. The summed E-state index contributed by atoms with van der Waals surface area (Å²) in [5, 5.41) is 9.36. The first kappa shape index (κ1) is 14.6. The molecular weight excluding hydrogens is 320 g/mol. The standard InChI is InChI=1S/C18H12N4OS/c23-17(12-3-5-19-6-4-12)9-15-8-14-7-13(18-10-20-11-24-18)1-2-16(14)22-21-15/h1-8,10-11H,9H2. The molecule has 0 aliphatic heterocycles. The van der Waals surface area contributed by atoms with Gasteiger partial charge in [0.1, 0.15) is 0 Å². The van der Waals surface area contributed by atoms with E-state index in [-0.39, 0.29) is 12.2 Å². The molecule has 3 aromatic heterocycles. The molecule has 0 aliphatic rings. The summed E-state index contributed by atoms with van der Waals surface area (Å²) in [5.41, 5.74) is 4.99. The fourth-order valence-corrected chi connectivity index (χ4v) is 3.11. The van der Waals surface area contributed by atoms with Crippen LogP contribution >= 0.6 is 11.3 Å². The van der Waals surface area contributed by atoms with E-state index in [1.807, 2.05) is 29.9 Å². The molecule has 0 N–H and O–H groups in total. The van der Waals surface area contributed by atoms with Gasteiger partial charge in [0, 0.05) is 29.5 Å². The predicted molar refractivity (Wildman–Crippen MR) is 92.9 cm³/mol. The lowest BCUT2D eigenvalue weighted by Crippen LogP contribution is -2.06. The van der Waals surface area contributed by atoms with Gasteiger partial charge in [-0.25, -0.2) is 0 Å². The van der Waals surface area contributed by atoms with Crippen LogP contribution in [0.25, 0.3) is 21.3 Å². The van der Waals surface area contributed by atoms with Crippen LogP contribution in [0.2, 0.25) is 0 Å². The predicted octanol–water partition coefficient (Wildman–Crippen LogP) is 3.57. The molecule has 0 fully saturated rings. The van der Waals surface area contributed by atoms with Crippen LogP contribution in [0.3, 0.4) is 0 Å². The highest BCUT2D eigenvalue weighted by molar-refractivity contribution is 7.13. The van der Waals surface area contributed by atoms with E-state index in [1.165, 1.54) is 0 Å². The van der Waals surface area contributed by atoms with Gasteiger partial charge < -0.3 is 0 Å². The molecule has 0 amide bonds. The lowest BCUT2D eigenvalue weighted by Gasteiger charge is -2.04. The SMILES string of the molecule is O=C(Cc1cc2cc(-c3cncs3)ccc2nn1)c1ccncc1. The Labute approximate surface area is 142 Å². The van der Waals surface area contributed by atoms with Gasteiger partial charge in [-0.2, -0.15) is 10.2 Å². The number of benzene rings is 1. The molecule has 5 nitrogen and oxygen atoms in total. The largest absolute Gasteiger partial charge is 0.294 e. The van der Waals surface area contributed by atoms with Crippen LogP contribution in [0.5, 0.6) is 0 Å². The van der Waals surface area contributed by atoms with Gasteiger partial charge in [0.05, 0.1) is 28.0 Å². The van der Waals surface area contributed by atoms with Gasteiger partial charge in [-0.15, -0.1) is 11.3 Å². The molecule has 4 aromatic rings. The Morgan fingerprint density at radius 1 is 1.00 bits per heavy atom. The summed E-state index contributed by atoms with van der Waals surface area (Å²) in [6.07, 6.45) is 5.29. The monoisotopic (exact) mass is 332 g/mol. The quantitative estimate of drug-likeness (QED) is 0.534. The summed E-state index contributed by atoms with van der Waals surface area (Å²) in [7, 11) is 0. The minimum Gasteiger partial charge on any atom is -0.294 e. The molecule has 1 aromatic carbocycles. The van der Waals surface area contributed by atoms with Crippen LogP contribution in [-0.4, -0.2) is 25.9 Å². The first-order valence-electron chi connectivity index (χ1n) is 7.38. The number of hydrogen-bond acceptors (Lipinski definition) is 6. The summed E-state index contributed by atoms with van der Waals surface area (Å²) < 4.78 is 0. The summed E-state index contributed by atoms with van der Waals surface area (Å²) >= 11 is 1.59. The first-order chi connectivity index (χ1) is 11.8. The van der Waals surface area contributed by atoms with Crippen molar-refractivity contribution in [2.45, 2.75) is 6.42 Å². The van der Waals surface area contributed by atoms with Crippen molar-refractivity contribution in [1.82, 2.24) is 20.2 Å². The third kappa shape index (κ3) is 2.91. The van der Waals surface area contributed by atoms with Crippen LogP contribution in [0.1, 0.15) is 16.1 Å². The maximum atomic E-state index is 12.3. The number of rotatable bonds is 4. The third-order valence-electron chi connectivity index (χ3n) is 3.70. The number of carbonyl (C=O) groups is 1. The van der Waals surface area contributed by atoms with Gasteiger partial charge >= 0.3 is 0 Å². The van der Waals surface area contributed by atoms with Crippen molar-refractivity contribution < 1.29 is 4.79 Å². The zero-order valence-electron chi connectivity index (χ0n) is 12.6. The molecule has 0 aliphatic carbocycles. The van der Waals surface area contributed by atoms with Gasteiger partial charge in [-0.1, -0.05) is 6.07 Å². The average Bonchev–Trinajstić information content (AvgIpc) is 3.16. The van der Waals surface area contributed by atoms with E-state index in [4.69, 9.17) is 0 Å². The molecular formula is C18H12N4OS. The second kappa shape index (κ2) is 6.25. The Hall–Kier alpha value is -2.99. The fourth-order valence-electron chi connectivity index (χ4n) is 2.49. The molecule has 6 heteroatoms. The number of pyridine rings is 1. The maximum absolute atomic E-state index is 12.3. The van der Waals surface area contributed by atoms with E-state index in [0.29, 0.717) is 11.3 Å². The number of ketones is 1. The van der Waals surface area contributed by atoms with Gasteiger partial charge in [0.2, 0.25) is 0 Å². The van der Waals surface area contributed by atoms with Crippen molar-refractivity contribution in [2.75, 3.05) is 0 Å². The van der Waals surface area contributed by atoms with Crippen molar-refractivity contribution in [2.24, 2.45) is 0 Å². The van der Waals surface area contributed by atoms with Crippen molar-refractivity contribution >= 4 is 28.0 Å². The number of aromatic nitrogens is 4. The zero-order valence-corrected chi connectivity index (χ0v) is 13.4. The van der Waals surface area contributed by atoms with Crippen molar-refractivity contribution in [1.29, 1.82) is 0 Å². The zero-order chi connectivity index (χ0) is 16.4. The Balaban J connectivity index is 1.66. The van der Waals surface area contributed by atoms with Crippen LogP contribution in [0.15, 0.2) is 60.5 Å². The number of nitrogens with zero attached hydrogens (tertiary/aromatic N) is 4. The molecule has 0 saturated carbocycles. The summed E-state index contributed by atoms with van der Waals surface area (Å²) in [6.45, 7) is 0. The number of fused-ring (bicyclic) bond motifs is 1. The summed E-state index contributed by atoms with van der Waals surface area (Å²) in [5.74, 6) is 0.00432. The topological polar surface area (TPSA) is 68.6 Å². The normalized spacial score (nSPS) is 10.8. The summed E-state index contributed by atoms with van der Waals surface area (Å²) in [4.78, 5) is 21.4. The van der Waals surface area contributed by atoms with Crippen LogP contribution in [-0.2, 0) is 6.42 Å². The van der Waals surface area contributed by atoms with Gasteiger partial charge in [0.25, 0.3) is 0 Å². The number of thiazole rings is 1. The minimum absolute atomic E-state index is 0.00432. The number of Topliss-reactive ketones (excluding diaryl/α,β-unsaturated/α-hetero) is 1. The minimum atomic E-state index is 0.00432. The van der Waals surface area contributed by atoms with Crippen molar-refractivity contribution in [3.63, 3.8) is 0 Å². The number of hydrogen-bond donors (Lipinski definition) is 0. The first-order valence-corrected chi connectivity index (χ1v) is 8.26. The van der Waals surface area contributed by atoms with E-state index in [0.717, 1.165) is 21.3 Å². The van der Waals surface area contributed by atoms with E-state index >= 15 is 0 Å². The van der Waals surface area contributed by atoms with E-state index < -0.39 is 0 Å². The Kier molecular flexibility index (Phi) is 3.80. The second-order valence-electron chi connectivity index (χ2n) is 5.31. The lowest BCUT2D eigenvalue weighted by molar-refractivity contribution is 0.0991. The van der Waals surface area contributed by atoms with Crippen LogP contribution < -0.4 is 0 Å². The highest BCUT2D eigenvalue weighted by Crippen LogP contribution is 2.26. The smallest absolute Gasteiger partial charge is 0.168 e. The number of carbonyl (C=O) groups excluding carboxylic acids is 1. The Morgan fingerprint density at radius 3 is 2.67 bits per heavy atom. The van der Waals surface area contributed by atoms with Crippen molar-refractivity contribution in [3.8, 4) is 10.4 Å². The molecule has 0 saturated heterocycles. The molecule has 0 unspecified atom stereocenters. The second-order valence-corrected chi connectivity index (χ2v) is 6.20. The van der Waals surface area contributed by atoms with E-state index in [1.54, 1.807) is 35.9 Å². The molecule has 24 heavy (non-hydrogen) atoms. The highest BCUT2D eigenvalue weighted by atomic mass is 32.1. The van der Waals surface area contributed by atoms with Gasteiger partial charge in [0.15, 0.2) is 5.78 Å². The summed E-state index contributed by atoms with van der Waals surface area (Å²) in [6, 6.07) is 11.3. The highest BCUT2D eigenvalue weighted by Gasteiger charge is 2.10. The van der Waals surface area contributed by atoms with Gasteiger partial charge in [-0.05, 0) is 35.9 Å². The molecule has 116 valence electrons. The molecule has 3 heterocycles. The molecule has 0 bridgehead atoms. The van der Waals surface area contributed by atoms with Crippen LogP contribution in [0.4, 0.5) is 0 Å². The third-order valence-corrected chi connectivity index (χ3v) is 4.52. The Morgan fingerprint density at radius 2 is 1.88 bits per heavy atom. The Bertz CT molecular complexity index is 1000. The maximum Gasteiger partial charge on any atom is 0.168 e. The van der Waals surface area contributed by atoms with E-state index in [9.17, 15) is 4.79 Å². The van der Waals surface area contributed by atoms with Crippen LogP contribution in [0, 0.1) is 0 Å². The lowest BCUT2D eigenvalue weighted by atomic mass is 10.1. The molecule has 0 radical (unpaired) electrons. The van der Waals surface area contributed by atoms with Crippen molar-refractivity contribution in [3.05, 3.63) is 71.8 Å². The van der Waals surface area contributed by atoms with Gasteiger partial charge in [-0.3, -0.25) is 14.8 Å². The molecule has 0 spiro atoms. The average molecular weight is 332 g/mol. The molecule has 0 atom stereocenters.